The summed E-state index contributed by atoms with van der Waals surface area (Å²) in [5.74, 6) is 0. The van der Waals surface area contributed by atoms with E-state index in [0.29, 0.717) is 6.04 Å². The minimum atomic E-state index is 0.529. The van der Waals surface area contributed by atoms with E-state index in [4.69, 9.17) is 4.74 Å². The van der Waals surface area contributed by atoms with E-state index in [1.165, 1.54) is 11.1 Å². The molecule has 1 aromatic rings. The van der Waals surface area contributed by atoms with E-state index >= 15 is 0 Å². The summed E-state index contributed by atoms with van der Waals surface area (Å²) in [6.45, 7) is 10.2. The van der Waals surface area contributed by atoms with Gasteiger partial charge in [0.1, 0.15) is 0 Å². The summed E-state index contributed by atoms with van der Waals surface area (Å²) >= 11 is 0. The van der Waals surface area contributed by atoms with E-state index in [1.807, 2.05) is 0 Å². The van der Waals surface area contributed by atoms with E-state index < -0.39 is 0 Å². The summed E-state index contributed by atoms with van der Waals surface area (Å²) < 4.78 is 5.39. The van der Waals surface area contributed by atoms with Crippen molar-refractivity contribution in [1.29, 1.82) is 0 Å². The lowest BCUT2D eigenvalue weighted by Gasteiger charge is -2.27. The first-order valence-corrected chi connectivity index (χ1v) is 6.86. The van der Waals surface area contributed by atoms with Crippen LogP contribution >= 0.6 is 0 Å². The fraction of sp³-hybridized carbons (Fsp3) is 0.600. The van der Waals surface area contributed by atoms with Gasteiger partial charge in [-0.05, 0) is 11.1 Å². The Kier molecular flexibility index (Phi) is 5.17. The number of nitrogens with zero attached hydrogens (tertiary/aromatic N) is 1. The van der Waals surface area contributed by atoms with Gasteiger partial charge in [-0.15, -0.1) is 0 Å². The highest BCUT2D eigenvalue weighted by Crippen LogP contribution is 2.13. The van der Waals surface area contributed by atoms with Gasteiger partial charge in [-0.1, -0.05) is 38.1 Å². The second kappa shape index (κ2) is 6.88. The number of hydrogen-bond donors (Lipinski definition) is 1. The van der Waals surface area contributed by atoms with Crippen molar-refractivity contribution in [3.05, 3.63) is 35.4 Å². The van der Waals surface area contributed by atoms with Crippen molar-refractivity contribution in [1.82, 2.24) is 10.2 Å². The van der Waals surface area contributed by atoms with Gasteiger partial charge in [-0.25, -0.2) is 0 Å². The van der Waals surface area contributed by atoms with Gasteiger partial charge in [0.25, 0.3) is 0 Å². The summed E-state index contributed by atoms with van der Waals surface area (Å²) in [4.78, 5) is 2.47. The molecule has 3 heteroatoms. The van der Waals surface area contributed by atoms with Gasteiger partial charge in [0.2, 0.25) is 0 Å². The third-order valence-corrected chi connectivity index (χ3v) is 3.32. The second-order valence-electron chi connectivity index (χ2n) is 5.19. The molecule has 18 heavy (non-hydrogen) atoms. The fourth-order valence-electron chi connectivity index (χ4n) is 2.20. The Labute approximate surface area is 110 Å². The van der Waals surface area contributed by atoms with Crippen LogP contribution in [0.4, 0.5) is 0 Å². The maximum atomic E-state index is 5.39. The Morgan fingerprint density at radius 2 is 1.83 bits per heavy atom. The highest BCUT2D eigenvalue weighted by molar-refractivity contribution is 5.27. The number of ether oxygens (including phenoxy) is 1. The molecule has 1 fully saturated rings. The fourth-order valence-corrected chi connectivity index (χ4v) is 2.20. The Morgan fingerprint density at radius 3 is 2.50 bits per heavy atom. The van der Waals surface area contributed by atoms with Crippen molar-refractivity contribution in [2.75, 3.05) is 26.3 Å². The molecule has 0 aliphatic carbocycles. The van der Waals surface area contributed by atoms with E-state index in [2.05, 4.69) is 48.3 Å². The SMILES string of the molecule is CC(C)NCc1ccccc1CN1CCOCC1. The molecule has 0 spiro atoms. The van der Waals surface area contributed by atoms with Gasteiger partial charge in [0.05, 0.1) is 13.2 Å². The van der Waals surface area contributed by atoms with Crippen molar-refractivity contribution in [2.24, 2.45) is 0 Å². The molecule has 1 aliphatic rings. The minimum absolute atomic E-state index is 0.529. The van der Waals surface area contributed by atoms with Gasteiger partial charge < -0.3 is 10.1 Å². The van der Waals surface area contributed by atoms with E-state index in [9.17, 15) is 0 Å². The van der Waals surface area contributed by atoms with Crippen LogP contribution in [0.3, 0.4) is 0 Å². The van der Waals surface area contributed by atoms with Gasteiger partial charge in [-0.3, -0.25) is 4.90 Å². The maximum Gasteiger partial charge on any atom is 0.0594 e. The number of benzene rings is 1. The number of rotatable bonds is 5. The Balaban J connectivity index is 1.97. The molecule has 0 radical (unpaired) electrons. The van der Waals surface area contributed by atoms with Crippen molar-refractivity contribution < 1.29 is 4.74 Å². The molecular weight excluding hydrogens is 224 g/mol. The zero-order valence-corrected chi connectivity index (χ0v) is 11.5. The van der Waals surface area contributed by atoms with Crippen LogP contribution in [-0.2, 0) is 17.8 Å². The lowest BCUT2D eigenvalue weighted by Crippen LogP contribution is -2.36. The molecular formula is C15H24N2O. The van der Waals surface area contributed by atoms with Gasteiger partial charge >= 0.3 is 0 Å². The molecule has 0 saturated carbocycles. The zero-order valence-electron chi connectivity index (χ0n) is 11.5. The summed E-state index contributed by atoms with van der Waals surface area (Å²) in [6, 6.07) is 9.26. The van der Waals surface area contributed by atoms with Crippen LogP contribution in [0, 0.1) is 0 Å². The molecule has 0 amide bonds. The van der Waals surface area contributed by atoms with Crippen LogP contribution in [0.1, 0.15) is 25.0 Å². The molecule has 0 bridgehead atoms. The van der Waals surface area contributed by atoms with E-state index in [1.54, 1.807) is 0 Å². The first-order chi connectivity index (χ1) is 8.75. The van der Waals surface area contributed by atoms with E-state index in [0.717, 1.165) is 39.4 Å². The van der Waals surface area contributed by atoms with Crippen LogP contribution in [0.2, 0.25) is 0 Å². The first kappa shape index (κ1) is 13.5. The Bertz CT molecular complexity index is 359. The highest BCUT2D eigenvalue weighted by Gasteiger charge is 2.12. The van der Waals surface area contributed by atoms with Gasteiger partial charge in [-0.2, -0.15) is 0 Å². The van der Waals surface area contributed by atoms with E-state index in [-0.39, 0.29) is 0 Å². The lowest BCUT2D eigenvalue weighted by atomic mass is 10.1. The molecule has 100 valence electrons. The van der Waals surface area contributed by atoms with Crippen LogP contribution in [0.25, 0.3) is 0 Å². The molecule has 1 heterocycles. The molecule has 3 nitrogen and oxygen atoms in total. The van der Waals surface area contributed by atoms with Crippen molar-refractivity contribution in [2.45, 2.75) is 33.0 Å². The van der Waals surface area contributed by atoms with Crippen molar-refractivity contribution >= 4 is 0 Å². The molecule has 0 unspecified atom stereocenters. The second-order valence-corrected chi connectivity index (χ2v) is 5.19. The monoisotopic (exact) mass is 248 g/mol. The Hall–Kier alpha value is -0.900. The molecule has 0 aromatic heterocycles. The summed E-state index contributed by atoms with van der Waals surface area (Å²) in [7, 11) is 0. The molecule has 1 saturated heterocycles. The minimum Gasteiger partial charge on any atom is -0.379 e. The molecule has 1 aromatic carbocycles. The number of morpholine rings is 1. The number of hydrogen-bond acceptors (Lipinski definition) is 3. The molecule has 1 aliphatic heterocycles. The molecule has 2 rings (SSSR count). The van der Waals surface area contributed by atoms with Gasteiger partial charge in [0.15, 0.2) is 0 Å². The van der Waals surface area contributed by atoms with Crippen LogP contribution in [0.15, 0.2) is 24.3 Å². The van der Waals surface area contributed by atoms with Crippen LogP contribution in [0.5, 0.6) is 0 Å². The molecule has 0 atom stereocenters. The third-order valence-electron chi connectivity index (χ3n) is 3.32. The van der Waals surface area contributed by atoms with Crippen molar-refractivity contribution in [3.63, 3.8) is 0 Å². The highest BCUT2D eigenvalue weighted by atomic mass is 16.5. The zero-order chi connectivity index (χ0) is 12.8. The van der Waals surface area contributed by atoms with Crippen LogP contribution < -0.4 is 5.32 Å². The topological polar surface area (TPSA) is 24.5 Å². The number of nitrogens with one attached hydrogen (secondary N) is 1. The summed E-state index contributed by atoms with van der Waals surface area (Å²) in [5.41, 5.74) is 2.85. The van der Waals surface area contributed by atoms with Crippen LogP contribution in [-0.4, -0.2) is 37.2 Å². The maximum absolute atomic E-state index is 5.39. The van der Waals surface area contributed by atoms with Crippen molar-refractivity contribution in [3.8, 4) is 0 Å². The standard InChI is InChI=1S/C15H24N2O/c1-13(2)16-11-14-5-3-4-6-15(14)12-17-7-9-18-10-8-17/h3-6,13,16H,7-12H2,1-2H3. The largest absolute Gasteiger partial charge is 0.379 e. The summed E-state index contributed by atoms with van der Waals surface area (Å²) in [5, 5.41) is 3.50. The predicted molar refractivity (Wildman–Crippen MR) is 74.5 cm³/mol. The normalized spacial score (nSPS) is 17.3. The average molecular weight is 248 g/mol. The third kappa shape index (κ3) is 4.09. The first-order valence-electron chi connectivity index (χ1n) is 6.86. The quantitative estimate of drug-likeness (QED) is 0.863. The Morgan fingerprint density at radius 1 is 1.17 bits per heavy atom. The summed E-state index contributed by atoms with van der Waals surface area (Å²) in [6.07, 6.45) is 0. The smallest absolute Gasteiger partial charge is 0.0594 e. The molecule has 1 N–H and O–H groups in total. The predicted octanol–water partition coefficient (Wildman–Crippen LogP) is 2.02. The van der Waals surface area contributed by atoms with Gasteiger partial charge in [0, 0.05) is 32.2 Å². The lowest BCUT2D eigenvalue weighted by molar-refractivity contribution is 0.0340. The average Bonchev–Trinajstić information content (AvgIpc) is 2.39.